The third-order valence-electron chi connectivity index (χ3n) is 4.15. The van der Waals surface area contributed by atoms with E-state index in [-0.39, 0.29) is 24.2 Å². The molecule has 3 heterocycles. The minimum Gasteiger partial charge on any atom is -0.372 e. The molecule has 0 radical (unpaired) electrons. The van der Waals surface area contributed by atoms with Crippen LogP contribution in [0.2, 0.25) is 0 Å². The molecule has 1 aliphatic rings. The van der Waals surface area contributed by atoms with Gasteiger partial charge in [-0.25, -0.2) is 4.98 Å². The van der Waals surface area contributed by atoms with Gasteiger partial charge in [-0.3, -0.25) is 9.48 Å². The summed E-state index contributed by atoms with van der Waals surface area (Å²) in [6.45, 7) is 8.33. The van der Waals surface area contributed by atoms with Gasteiger partial charge in [0, 0.05) is 37.7 Å². The van der Waals surface area contributed by atoms with Gasteiger partial charge in [0.15, 0.2) is 0 Å². The summed E-state index contributed by atoms with van der Waals surface area (Å²) in [5, 5.41) is 7.12. The van der Waals surface area contributed by atoms with E-state index in [9.17, 15) is 4.79 Å². The van der Waals surface area contributed by atoms with E-state index in [1.165, 1.54) is 0 Å². The van der Waals surface area contributed by atoms with Crippen molar-refractivity contribution in [3.05, 3.63) is 42.4 Å². The number of anilines is 1. The second-order valence-corrected chi connectivity index (χ2v) is 6.67. The molecule has 0 aromatic carbocycles. The molecule has 0 bridgehead atoms. The number of carbonyl (C=O) groups excluding carboxylic acids is 1. The summed E-state index contributed by atoms with van der Waals surface area (Å²) in [5.41, 5.74) is 0.561. The van der Waals surface area contributed by atoms with Crippen molar-refractivity contribution in [2.24, 2.45) is 0 Å². The van der Waals surface area contributed by atoms with Crippen molar-refractivity contribution in [3.63, 3.8) is 0 Å². The van der Waals surface area contributed by atoms with E-state index in [4.69, 9.17) is 4.74 Å². The van der Waals surface area contributed by atoms with Crippen LogP contribution in [0.4, 0.5) is 5.82 Å². The molecule has 1 N–H and O–H groups in total. The SMILES string of the molecule is C[C@H](Cn1cccn1)NC(=O)c1ccc(N2C[C@@H](C)O[C@H](C)C2)nc1. The van der Waals surface area contributed by atoms with Gasteiger partial charge in [0.25, 0.3) is 5.91 Å². The van der Waals surface area contributed by atoms with E-state index in [0.717, 1.165) is 18.9 Å². The third kappa shape index (κ3) is 4.57. The van der Waals surface area contributed by atoms with Gasteiger partial charge in [0.05, 0.1) is 24.3 Å². The first-order valence-corrected chi connectivity index (χ1v) is 8.66. The highest BCUT2D eigenvalue weighted by atomic mass is 16.5. The number of morpholine rings is 1. The van der Waals surface area contributed by atoms with E-state index in [0.29, 0.717) is 12.1 Å². The molecule has 2 aromatic rings. The molecule has 2 aromatic heterocycles. The number of nitrogens with one attached hydrogen (secondary N) is 1. The average Bonchev–Trinajstić information content (AvgIpc) is 3.07. The van der Waals surface area contributed by atoms with Gasteiger partial charge in [0.1, 0.15) is 5.82 Å². The van der Waals surface area contributed by atoms with Gasteiger partial charge in [-0.05, 0) is 39.0 Å². The minimum atomic E-state index is -0.123. The van der Waals surface area contributed by atoms with Crippen LogP contribution in [-0.4, -0.2) is 52.0 Å². The lowest BCUT2D eigenvalue weighted by Gasteiger charge is -2.36. The Morgan fingerprint density at radius 2 is 2.12 bits per heavy atom. The lowest BCUT2D eigenvalue weighted by atomic mass is 10.2. The highest BCUT2D eigenvalue weighted by molar-refractivity contribution is 5.94. The summed E-state index contributed by atoms with van der Waals surface area (Å²) in [4.78, 5) is 19.0. The van der Waals surface area contributed by atoms with E-state index < -0.39 is 0 Å². The molecule has 1 aliphatic heterocycles. The van der Waals surface area contributed by atoms with E-state index >= 15 is 0 Å². The number of amides is 1. The predicted octanol–water partition coefficient (Wildman–Crippen LogP) is 1.71. The third-order valence-corrected chi connectivity index (χ3v) is 4.15. The molecule has 0 saturated carbocycles. The summed E-state index contributed by atoms with van der Waals surface area (Å²) >= 11 is 0. The van der Waals surface area contributed by atoms with Crippen LogP contribution in [0.15, 0.2) is 36.8 Å². The van der Waals surface area contributed by atoms with Crippen LogP contribution in [0.25, 0.3) is 0 Å². The summed E-state index contributed by atoms with van der Waals surface area (Å²) < 4.78 is 7.54. The van der Waals surface area contributed by atoms with Crippen LogP contribution < -0.4 is 10.2 Å². The fraction of sp³-hybridized carbons (Fsp3) is 0.500. The van der Waals surface area contributed by atoms with Crippen LogP contribution >= 0.6 is 0 Å². The first-order valence-electron chi connectivity index (χ1n) is 8.66. The van der Waals surface area contributed by atoms with Crippen LogP contribution in [0.3, 0.4) is 0 Å². The van der Waals surface area contributed by atoms with E-state index in [2.05, 4.69) is 34.1 Å². The highest BCUT2D eigenvalue weighted by Gasteiger charge is 2.23. The Kier molecular flexibility index (Phi) is 5.33. The number of nitrogens with zero attached hydrogens (tertiary/aromatic N) is 4. The molecule has 3 atom stereocenters. The number of hydrogen-bond acceptors (Lipinski definition) is 5. The van der Waals surface area contributed by atoms with Crippen LogP contribution in [0, 0.1) is 0 Å². The highest BCUT2D eigenvalue weighted by Crippen LogP contribution is 2.18. The Morgan fingerprint density at radius 3 is 2.72 bits per heavy atom. The molecule has 7 heteroatoms. The van der Waals surface area contributed by atoms with Crippen LogP contribution in [0.1, 0.15) is 31.1 Å². The largest absolute Gasteiger partial charge is 0.372 e. The van der Waals surface area contributed by atoms with Crippen molar-refractivity contribution in [3.8, 4) is 0 Å². The fourth-order valence-electron chi connectivity index (χ4n) is 3.11. The van der Waals surface area contributed by atoms with Crippen molar-refractivity contribution < 1.29 is 9.53 Å². The van der Waals surface area contributed by atoms with E-state index in [1.807, 2.05) is 31.3 Å². The van der Waals surface area contributed by atoms with Crippen molar-refractivity contribution >= 4 is 11.7 Å². The van der Waals surface area contributed by atoms with Crippen molar-refractivity contribution in [1.29, 1.82) is 0 Å². The lowest BCUT2D eigenvalue weighted by molar-refractivity contribution is -0.00546. The molecule has 25 heavy (non-hydrogen) atoms. The Morgan fingerprint density at radius 1 is 1.36 bits per heavy atom. The lowest BCUT2D eigenvalue weighted by Crippen LogP contribution is -2.45. The smallest absolute Gasteiger partial charge is 0.253 e. The normalized spacial score (nSPS) is 21.8. The first kappa shape index (κ1) is 17.4. The zero-order valence-electron chi connectivity index (χ0n) is 14.9. The van der Waals surface area contributed by atoms with Gasteiger partial charge >= 0.3 is 0 Å². The van der Waals surface area contributed by atoms with Gasteiger partial charge in [-0.1, -0.05) is 0 Å². The molecule has 0 spiro atoms. The maximum Gasteiger partial charge on any atom is 0.253 e. The number of aromatic nitrogens is 3. The molecule has 0 unspecified atom stereocenters. The number of carbonyl (C=O) groups is 1. The minimum absolute atomic E-state index is 0.0204. The second kappa shape index (κ2) is 7.65. The molecular weight excluding hydrogens is 318 g/mol. The van der Waals surface area contributed by atoms with E-state index in [1.54, 1.807) is 17.1 Å². The zero-order chi connectivity index (χ0) is 17.8. The van der Waals surface area contributed by atoms with Gasteiger partial charge < -0.3 is 15.0 Å². The summed E-state index contributed by atoms with van der Waals surface area (Å²) in [6, 6.07) is 5.57. The maximum absolute atomic E-state index is 12.4. The Labute approximate surface area is 148 Å². The second-order valence-electron chi connectivity index (χ2n) is 6.67. The topological polar surface area (TPSA) is 72.3 Å². The standard InChI is InChI=1S/C18H25N5O2/c1-13(10-23-8-4-7-20-23)21-18(24)16-5-6-17(19-9-16)22-11-14(2)25-15(3)12-22/h4-9,13-15H,10-12H2,1-3H3,(H,21,24)/t13-,14-,15-/m1/s1. The summed E-state index contributed by atoms with van der Waals surface area (Å²) in [7, 11) is 0. The molecule has 0 aliphatic carbocycles. The fourth-order valence-corrected chi connectivity index (χ4v) is 3.11. The quantitative estimate of drug-likeness (QED) is 0.895. The van der Waals surface area contributed by atoms with Crippen molar-refractivity contribution in [2.45, 2.75) is 45.6 Å². The zero-order valence-corrected chi connectivity index (χ0v) is 14.9. The monoisotopic (exact) mass is 343 g/mol. The van der Waals surface area contributed by atoms with Gasteiger partial charge in [-0.2, -0.15) is 5.10 Å². The molecule has 1 amide bonds. The van der Waals surface area contributed by atoms with Crippen molar-refractivity contribution in [2.75, 3.05) is 18.0 Å². The van der Waals surface area contributed by atoms with Gasteiger partial charge in [0.2, 0.25) is 0 Å². The summed E-state index contributed by atoms with van der Waals surface area (Å²) in [5.74, 6) is 0.755. The number of rotatable bonds is 5. The molecule has 1 fully saturated rings. The van der Waals surface area contributed by atoms with Gasteiger partial charge in [-0.15, -0.1) is 0 Å². The molecular formula is C18H25N5O2. The van der Waals surface area contributed by atoms with Crippen LogP contribution in [-0.2, 0) is 11.3 Å². The average molecular weight is 343 g/mol. The molecule has 134 valence electrons. The van der Waals surface area contributed by atoms with Crippen LogP contribution in [0.5, 0.6) is 0 Å². The molecule has 7 nitrogen and oxygen atoms in total. The molecule has 3 rings (SSSR count). The Hall–Kier alpha value is -2.41. The number of hydrogen-bond donors (Lipinski definition) is 1. The first-order chi connectivity index (χ1) is 12.0. The summed E-state index contributed by atoms with van der Waals surface area (Å²) in [6.07, 6.45) is 5.59. The number of ether oxygens (including phenoxy) is 1. The number of pyridine rings is 1. The van der Waals surface area contributed by atoms with Crippen molar-refractivity contribution in [1.82, 2.24) is 20.1 Å². The Balaban J connectivity index is 1.58. The molecule has 1 saturated heterocycles. The predicted molar refractivity (Wildman–Crippen MR) is 95.6 cm³/mol. The maximum atomic E-state index is 12.4. The Bertz CT molecular complexity index is 676.